The van der Waals surface area contributed by atoms with Crippen molar-refractivity contribution in [2.24, 2.45) is 0 Å². The number of nitro benzene ring substituents is 1. The van der Waals surface area contributed by atoms with Gasteiger partial charge < -0.3 is 15.0 Å². The molecule has 0 aliphatic carbocycles. The van der Waals surface area contributed by atoms with E-state index in [1.807, 2.05) is 0 Å². The predicted octanol–water partition coefficient (Wildman–Crippen LogP) is 0.557. The first-order valence-electron chi connectivity index (χ1n) is 8.91. The highest BCUT2D eigenvalue weighted by Gasteiger charge is 2.34. The van der Waals surface area contributed by atoms with Crippen LogP contribution in [0.3, 0.4) is 0 Å². The molecule has 1 saturated heterocycles. The van der Waals surface area contributed by atoms with Crippen molar-refractivity contribution in [3.63, 3.8) is 0 Å². The Morgan fingerprint density at radius 2 is 2.07 bits per heavy atom. The van der Waals surface area contributed by atoms with E-state index in [0.29, 0.717) is 6.42 Å². The van der Waals surface area contributed by atoms with Crippen LogP contribution in [-0.2, 0) is 24.2 Å². The summed E-state index contributed by atoms with van der Waals surface area (Å²) in [6.45, 7) is 0.802. The molecule has 0 bridgehead atoms. The summed E-state index contributed by atoms with van der Waals surface area (Å²) in [5.41, 5.74) is -0.527. The van der Waals surface area contributed by atoms with Crippen LogP contribution in [0.1, 0.15) is 23.7 Å². The van der Waals surface area contributed by atoms with Crippen molar-refractivity contribution in [3.8, 4) is 0 Å². The molecule has 30 heavy (non-hydrogen) atoms. The van der Waals surface area contributed by atoms with Crippen LogP contribution < -0.4 is 5.32 Å². The first-order valence-corrected chi connectivity index (χ1v) is 11.1. The van der Waals surface area contributed by atoms with Gasteiger partial charge >= 0.3 is 5.97 Å². The first-order chi connectivity index (χ1) is 14.0. The highest BCUT2D eigenvalue weighted by Crippen LogP contribution is 2.25. The Kier molecular flexibility index (Phi) is 7.73. The maximum absolute atomic E-state index is 12.3. The summed E-state index contributed by atoms with van der Waals surface area (Å²) in [6.07, 6.45) is 0.332. The normalized spacial score (nSPS) is 17.2. The fraction of sp³-hybridized carbons (Fsp3) is 0.471. The smallest absolute Gasteiger partial charge is 0.325 e. The standard InChI is InChI=1S/C17H20ClN3O8S/c1-2-20(12-5-6-30(27,28)10-12)15(22)9-29-16(23)8-19-17(24)11-3-4-13(18)14(7-11)21(25)26/h3-4,7,12H,2,5-6,8-10H2,1H3,(H,19,24). The number of carbonyl (C=O) groups excluding carboxylic acids is 3. The Morgan fingerprint density at radius 3 is 2.63 bits per heavy atom. The maximum atomic E-state index is 12.3. The van der Waals surface area contributed by atoms with E-state index in [4.69, 9.17) is 16.3 Å². The summed E-state index contributed by atoms with van der Waals surface area (Å²) < 4.78 is 28.0. The minimum atomic E-state index is -3.17. The van der Waals surface area contributed by atoms with Crippen LogP contribution in [0, 0.1) is 10.1 Å². The van der Waals surface area contributed by atoms with Crippen molar-refractivity contribution in [3.05, 3.63) is 38.9 Å². The Hall–Kier alpha value is -2.73. The van der Waals surface area contributed by atoms with Gasteiger partial charge in [0.15, 0.2) is 16.4 Å². The summed E-state index contributed by atoms with van der Waals surface area (Å²) in [5, 5.41) is 13.0. The number of rotatable bonds is 8. The average molecular weight is 462 g/mol. The zero-order valence-electron chi connectivity index (χ0n) is 16.0. The lowest BCUT2D eigenvalue weighted by Gasteiger charge is -2.26. The Labute approximate surface area is 177 Å². The Bertz CT molecular complexity index is 966. The molecule has 1 aliphatic heterocycles. The van der Waals surface area contributed by atoms with E-state index in [-0.39, 0.29) is 28.6 Å². The van der Waals surface area contributed by atoms with Gasteiger partial charge in [0.2, 0.25) is 0 Å². The maximum Gasteiger partial charge on any atom is 0.325 e. The zero-order chi connectivity index (χ0) is 22.5. The molecular weight excluding hydrogens is 442 g/mol. The van der Waals surface area contributed by atoms with Crippen molar-refractivity contribution in [2.75, 3.05) is 31.2 Å². The van der Waals surface area contributed by atoms with Crippen LogP contribution in [0.2, 0.25) is 5.02 Å². The van der Waals surface area contributed by atoms with Gasteiger partial charge in [-0.1, -0.05) is 11.6 Å². The molecular formula is C17H20ClN3O8S. The number of hydrogen-bond acceptors (Lipinski definition) is 8. The zero-order valence-corrected chi connectivity index (χ0v) is 17.6. The van der Waals surface area contributed by atoms with Gasteiger partial charge in [0.05, 0.1) is 16.4 Å². The second-order valence-electron chi connectivity index (χ2n) is 6.50. The molecule has 1 unspecified atom stereocenters. The Morgan fingerprint density at radius 1 is 1.37 bits per heavy atom. The van der Waals surface area contributed by atoms with E-state index >= 15 is 0 Å². The van der Waals surface area contributed by atoms with Gasteiger partial charge in [-0.15, -0.1) is 0 Å². The number of esters is 1. The van der Waals surface area contributed by atoms with Gasteiger partial charge in [-0.05, 0) is 25.5 Å². The molecule has 1 aliphatic rings. The van der Waals surface area contributed by atoms with Crippen LogP contribution in [-0.4, -0.2) is 73.3 Å². The van der Waals surface area contributed by atoms with Crippen molar-refractivity contribution >= 4 is 44.9 Å². The molecule has 0 spiro atoms. The predicted molar refractivity (Wildman–Crippen MR) is 106 cm³/mol. The monoisotopic (exact) mass is 461 g/mol. The number of likely N-dealkylation sites (N-methyl/N-ethyl adjacent to an activating group) is 1. The number of nitrogens with zero attached hydrogens (tertiary/aromatic N) is 2. The minimum absolute atomic E-state index is 0.0100. The van der Waals surface area contributed by atoms with E-state index in [2.05, 4.69) is 5.32 Å². The third kappa shape index (κ3) is 6.13. The van der Waals surface area contributed by atoms with Crippen LogP contribution in [0.4, 0.5) is 5.69 Å². The van der Waals surface area contributed by atoms with Crippen molar-refractivity contribution in [2.45, 2.75) is 19.4 Å². The molecule has 1 aromatic rings. The van der Waals surface area contributed by atoms with Crippen molar-refractivity contribution in [1.82, 2.24) is 10.2 Å². The topological polar surface area (TPSA) is 153 Å². The highest BCUT2D eigenvalue weighted by molar-refractivity contribution is 7.91. The number of carbonyl (C=O) groups is 3. The van der Waals surface area contributed by atoms with Crippen molar-refractivity contribution < 1.29 is 32.5 Å². The molecule has 1 heterocycles. The third-order valence-corrected chi connectivity index (χ3v) is 6.54. The van der Waals surface area contributed by atoms with E-state index in [9.17, 15) is 32.9 Å². The van der Waals surface area contributed by atoms with E-state index < -0.39 is 57.4 Å². The van der Waals surface area contributed by atoms with Crippen LogP contribution >= 0.6 is 11.6 Å². The van der Waals surface area contributed by atoms with Gasteiger partial charge in [0.25, 0.3) is 17.5 Å². The second-order valence-corrected chi connectivity index (χ2v) is 9.14. The highest BCUT2D eigenvalue weighted by atomic mass is 35.5. The molecule has 1 aromatic carbocycles. The van der Waals surface area contributed by atoms with Gasteiger partial charge in [-0.3, -0.25) is 24.5 Å². The molecule has 1 N–H and O–H groups in total. The van der Waals surface area contributed by atoms with E-state index in [1.54, 1.807) is 6.92 Å². The Balaban J connectivity index is 1.84. The summed E-state index contributed by atoms with van der Waals surface area (Å²) >= 11 is 5.68. The average Bonchev–Trinajstić information content (AvgIpc) is 3.04. The molecule has 0 radical (unpaired) electrons. The second kappa shape index (κ2) is 9.85. The number of amides is 2. The molecule has 2 amide bonds. The minimum Gasteiger partial charge on any atom is -0.454 e. The number of halogens is 1. The van der Waals surface area contributed by atoms with Crippen LogP contribution in [0.25, 0.3) is 0 Å². The number of nitro groups is 1. The van der Waals surface area contributed by atoms with Crippen LogP contribution in [0.5, 0.6) is 0 Å². The van der Waals surface area contributed by atoms with Crippen LogP contribution in [0.15, 0.2) is 18.2 Å². The number of hydrogen-bond donors (Lipinski definition) is 1. The summed E-state index contributed by atoms with van der Waals surface area (Å²) in [7, 11) is -3.17. The quantitative estimate of drug-likeness (QED) is 0.334. The number of benzene rings is 1. The molecule has 2 rings (SSSR count). The third-order valence-electron chi connectivity index (χ3n) is 4.47. The van der Waals surface area contributed by atoms with Gasteiger partial charge in [0, 0.05) is 24.2 Å². The fourth-order valence-corrected chi connectivity index (χ4v) is 4.90. The largest absolute Gasteiger partial charge is 0.454 e. The molecule has 1 atom stereocenters. The lowest BCUT2D eigenvalue weighted by atomic mass is 10.2. The van der Waals surface area contributed by atoms with Gasteiger partial charge in [-0.25, -0.2) is 8.42 Å². The summed E-state index contributed by atoms with van der Waals surface area (Å²) in [4.78, 5) is 47.6. The number of ether oxygens (including phenoxy) is 1. The SMILES string of the molecule is CCN(C(=O)COC(=O)CNC(=O)c1ccc(Cl)c([N+](=O)[O-])c1)C1CCS(=O)(=O)C1. The molecule has 164 valence electrons. The first kappa shape index (κ1) is 23.5. The summed E-state index contributed by atoms with van der Waals surface area (Å²) in [5.74, 6) is -2.30. The van der Waals surface area contributed by atoms with Gasteiger partial charge in [-0.2, -0.15) is 0 Å². The lowest BCUT2D eigenvalue weighted by molar-refractivity contribution is -0.384. The van der Waals surface area contributed by atoms with Crippen molar-refractivity contribution in [1.29, 1.82) is 0 Å². The number of sulfone groups is 1. The fourth-order valence-electron chi connectivity index (χ4n) is 2.98. The van der Waals surface area contributed by atoms with E-state index in [1.165, 1.54) is 17.0 Å². The van der Waals surface area contributed by atoms with E-state index in [0.717, 1.165) is 6.07 Å². The molecule has 0 aromatic heterocycles. The summed E-state index contributed by atoms with van der Waals surface area (Å²) in [6, 6.07) is 2.97. The molecule has 11 nitrogen and oxygen atoms in total. The molecule has 0 saturated carbocycles. The molecule has 13 heteroatoms. The van der Waals surface area contributed by atoms with Gasteiger partial charge in [0.1, 0.15) is 11.6 Å². The number of nitrogens with one attached hydrogen (secondary N) is 1. The molecule has 1 fully saturated rings. The lowest BCUT2D eigenvalue weighted by Crippen LogP contribution is -2.43.